The van der Waals surface area contributed by atoms with Gasteiger partial charge in [-0.3, -0.25) is 4.79 Å². The SMILES string of the molecule is CC(C)c1nccn1CCC(=O)NC(CCO)c1ccccc1. The lowest BCUT2D eigenvalue weighted by atomic mass is 10.0. The first-order valence-electron chi connectivity index (χ1n) is 8.08. The van der Waals surface area contributed by atoms with Gasteiger partial charge in [0.1, 0.15) is 5.82 Å². The number of aromatic nitrogens is 2. The minimum atomic E-state index is -0.152. The van der Waals surface area contributed by atoms with E-state index in [1.54, 1.807) is 6.20 Å². The van der Waals surface area contributed by atoms with Crippen molar-refractivity contribution >= 4 is 5.91 Å². The van der Waals surface area contributed by atoms with E-state index in [1.807, 2.05) is 41.1 Å². The van der Waals surface area contributed by atoms with Crippen LogP contribution in [0.1, 0.15) is 50.0 Å². The van der Waals surface area contributed by atoms with Gasteiger partial charge in [-0.05, 0) is 12.0 Å². The minimum absolute atomic E-state index is 0.0179. The van der Waals surface area contributed by atoms with Crippen molar-refractivity contribution < 1.29 is 9.90 Å². The molecule has 0 radical (unpaired) electrons. The number of amides is 1. The molecule has 5 nitrogen and oxygen atoms in total. The van der Waals surface area contributed by atoms with Crippen molar-refractivity contribution in [3.63, 3.8) is 0 Å². The van der Waals surface area contributed by atoms with Gasteiger partial charge in [-0.15, -0.1) is 0 Å². The maximum Gasteiger partial charge on any atom is 0.222 e. The lowest BCUT2D eigenvalue weighted by Gasteiger charge is -2.18. The van der Waals surface area contributed by atoms with Crippen molar-refractivity contribution in [1.82, 2.24) is 14.9 Å². The summed E-state index contributed by atoms with van der Waals surface area (Å²) < 4.78 is 2.02. The molecule has 0 spiro atoms. The fourth-order valence-electron chi connectivity index (χ4n) is 2.64. The number of aryl methyl sites for hydroxylation is 1. The first-order valence-corrected chi connectivity index (χ1v) is 8.08. The Balaban J connectivity index is 1.93. The van der Waals surface area contributed by atoms with Crippen LogP contribution in [0.2, 0.25) is 0 Å². The van der Waals surface area contributed by atoms with Crippen LogP contribution in [0.4, 0.5) is 0 Å². The molecule has 2 rings (SSSR count). The maximum absolute atomic E-state index is 12.3. The van der Waals surface area contributed by atoms with Crippen LogP contribution in [0, 0.1) is 0 Å². The molecule has 23 heavy (non-hydrogen) atoms. The number of hydrogen-bond donors (Lipinski definition) is 2. The number of benzene rings is 1. The third-order valence-corrected chi connectivity index (χ3v) is 3.80. The van der Waals surface area contributed by atoms with Gasteiger partial charge >= 0.3 is 0 Å². The summed E-state index contributed by atoms with van der Waals surface area (Å²) in [6, 6.07) is 9.59. The number of carbonyl (C=O) groups excluding carboxylic acids is 1. The van der Waals surface area contributed by atoms with Gasteiger partial charge in [-0.25, -0.2) is 4.98 Å². The third-order valence-electron chi connectivity index (χ3n) is 3.80. The predicted octanol–water partition coefficient (Wildman–Crippen LogP) is 2.64. The zero-order valence-corrected chi connectivity index (χ0v) is 13.8. The molecule has 5 heteroatoms. The van der Waals surface area contributed by atoms with E-state index in [0.717, 1.165) is 11.4 Å². The smallest absolute Gasteiger partial charge is 0.222 e. The standard InChI is InChI=1S/C18H25N3O2/c1-14(2)18-19-10-12-21(18)11-8-17(23)20-16(9-13-22)15-6-4-3-5-7-15/h3-7,10,12,14,16,22H,8-9,11,13H2,1-2H3,(H,20,23). The van der Waals surface area contributed by atoms with Crippen LogP contribution in [0.25, 0.3) is 0 Å². The number of hydrogen-bond acceptors (Lipinski definition) is 3. The average molecular weight is 315 g/mol. The molecule has 1 atom stereocenters. The molecular formula is C18H25N3O2. The zero-order chi connectivity index (χ0) is 16.7. The summed E-state index contributed by atoms with van der Waals surface area (Å²) in [4.78, 5) is 16.6. The second-order valence-electron chi connectivity index (χ2n) is 5.93. The number of rotatable bonds is 8. The van der Waals surface area contributed by atoms with Crippen LogP contribution in [-0.2, 0) is 11.3 Å². The summed E-state index contributed by atoms with van der Waals surface area (Å²) in [5.74, 6) is 1.31. The highest BCUT2D eigenvalue weighted by atomic mass is 16.3. The molecular weight excluding hydrogens is 290 g/mol. The molecule has 0 aliphatic rings. The maximum atomic E-state index is 12.3. The Labute approximate surface area is 137 Å². The van der Waals surface area contributed by atoms with Crippen molar-refractivity contribution in [3.05, 3.63) is 54.1 Å². The number of aliphatic hydroxyl groups excluding tert-OH is 1. The Morgan fingerprint density at radius 2 is 2.04 bits per heavy atom. The van der Waals surface area contributed by atoms with Gasteiger partial charge in [0, 0.05) is 37.9 Å². The molecule has 0 bridgehead atoms. The molecule has 0 saturated heterocycles. The van der Waals surface area contributed by atoms with Crippen molar-refractivity contribution in [2.75, 3.05) is 6.61 Å². The molecule has 1 amide bonds. The van der Waals surface area contributed by atoms with Crippen LogP contribution in [-0.4, -0.2) is 27.2 Å². The highest BCUT2D eigenvalue weighted by Gasteiger charge is 2.14. The molecule has 124 valence electrons. The van der Waals surface area contributed by atoms with Crippen LogP contribution < -0.4 is 5.32 Å². The molecule has 1 heterocycles. The Morgan fingerprint density at radius 3 is 2.70 bits per heavy atom. The first kappa shape index (κ1) is 17.2. The molecule has 2 aromatic rings. The Kier molecular flexibility index (Phi) is 6.35. The van der Waals surface area contributed by atoms with Gasteiger partial charge in [0.15, 0.2) is 0 Å². The number of nitrogens with one attached hydrogen (secondary N) is 1. The van der Waals surface area contributed by atoms with Gasteiger partial charge in [0.2, 0.25) is 5.91 Å². The number of imidazole rings is 1. The summed E-state index contributed by atoms with van der Waals surface area (Å²) >= 11 is 0. The fraction of sp³-hybridized carbons (Fsp3) is 0.444. The number of carbonyl (C=O) groups is 1. The Morgan fingerprint density at radius 1 is 1.30 bits per heavy atom. The fourth-order valence-corrected chi connectivity index (χ4v) is 2.64. The van der Waals surface area contributed by atoms with E-state index in [-0.39, 0.29) is 18.6 Å². The Hall–Kier alpha value is -2.14. The highest BCUT2D eigenvalue weighted by Crippen LogP contribution is 2.16. The Bertz CT molecular complexity index is 608. The van der Waals surface area contributed by atoms with Crippen molar-refractivity contribution in [2.24, 2.45) is 0 Å². The molecule has 0 aliphatic heterocycles. The van der Waals surface area contributed by atoms with Gasteiger partial charge in [-0.1, -0.05) is 44.2 Å². The molecule has 1 aromatic heterocycles. The summed E-state index contributed by atoms with van der Waals surface area (Å²) in [5, 5.41) is 12.2. The van der Waals surface area contributed by atoms with Crippen molar-refractivity contribution in [3.8, 4) is 0 Å². The van der Waals surface area contributed by atoms with E-state index in [2.05, 4.69) is 24.1 Å². The minimum Gasteiger partial charge on any atom is -0.396 e. The molecule has 0 aliphatic carbocycles. The first-order chi connectivity index (χ1) is 11.1. The summed E-state index contributed by atoms with van der Waals surface area (Å²) in [5.41, 5.74) is 1.01. The lowest BCUT2D eigenvalue weighted by Crippen LogP contribution is -2.30. The van der Waals surface area contributed by atoms with Crippen LogP contribution >= 0.6 is 0 Å². The quantitative estimate of drug-likeness (QED) is 0.787. The third kappa shape index (κ3) is 4.93. The van der Waals surface area contributed by atoms with E-state index in [4.69, 9.17) is 0 Å². The van der Waals surface area contributed by atoms with Gasteiger partial charge in [0.25, 0.3) is 0 Å². The van der Waals surface area contributed by atoms with Crippen molar-refractivity contribution in [1.29, 1.82) is 0 Å². The van der Waals surface area contributed by atoms with E-state index >= 15 is 0 Å². The predicted molar refractivity (Wildman–Crippen MR) is 90.0 cm³/mol. The number of nitrogens with zero attached hydrogens (tertiary/aromatic N) is 2. The van der Waals surface area contributed by atoms with E-state index in [9.17, 15) is 9.90 Å². The summed E-state index contributed by atoms with van der Waals surface area (Å²) in [6.07, 6.45) is 4.58. The molecule has 0 saturated carbocycles. The molecule has 2 N–H and O–H groups in total. The molecule has 1 unspecified atom stereocenters. The largest absolute Gasteiger partial charge is 0.396 e. The van der Waals surface area contributed by atoms with E-state index < -0.39 is 0 Å². The van der Waals surface area contributed by atoms with Crippen molar-refractivity contribution in [2.45, 2.75) is 45.2 Å². The number of aliphatic hydroxyl groups is 1. The molecule has 1 aromatic carbocycles. The van der Waals surface area contributed by atoms with E-state index in [1.165, 1.54) is 0 Å². The summed E-state index contributed by atoms with van der Waals surface area (Å²) in [7, 11) is 0. The zero-order valence-electron chi connectivity index (χ0n) is 13.8. The summed E-state index contributed by atoms with van der Waals surface area (Å²) in [6.45, 7) is 4.83. The average Bonchev–Trinajstić information content (AvgIpc) is 3.02. The van der Waals surface area contributed by atoms with Crippen LogP contribution in [0.15, 0.2) is 42.7 Å². The van der Waals surface area contributed by atoms with Crippen LogP contribution in [0.3, 0.4) is 0 Å². The van der Waals surface area contributed by atoms with Gasteiger partial charge in [-0.2, -0.15) is 0 Å². The van der Waals surface area contributed by atoms with Gasteiger partial charge < -0.3 is 15.0 Å². The topological polar surface area (TPSA) is 67.2 Å². The molecule has 0 fully saturated rings. The van der Waals surface area contributed by atoms with Gasteiger partial charge in [0.05, 0.1) is 6.04 Å². The monoisotopic (exact) mass is 315 g/mol. The second kappa shape index (κ2) is 8.48. The highest BCUT2D eigenvalue weighted by molar-refractivity contribution is 5.76. The van der Waals surface area contributed by atoms with Crippen LogP contribution in [0.5, 0.6) is 0 Å². The lowest BCUT2D eigenvalue weighted by molar-refractivity contribution is -0.122. The second-order valence-corrected chi connectivity index (χ2v) is 5.93. The normalized spacial score (nSPS) is 12.3. The van der Waals surface area contributed by atoms with E-state index in [0.29, 0.717) is 25.3 Å².